The largest absolute Gasteiger partial charge is 0.494 e. The number of hydrogen-bond donors (Lipinski definition) is 2. The number of methoxy groups -OCH3 is 1. The normalized spacial score (nSPS) is 12.8. The number of aromatic nitrogens is 1. The molecule has 0 amide bonds. The molecule has 1 atom stereocenters. The number of rotatable bonds is 5. The second kappa shape index (κ2) is 5.75. The number of nitrogens with two attached hydrogens (primary N) is 1. The van der Waals surface area contributed by atoms with E-state index in [-0.39, 0.29) is 11.6 Å². The van der Waals surface area contributed by atoms with Crippen molar-refractivity contribution in [3.05, 3.63) is 12.1 Å². The Morgan fingerprint density at radius 3 is 2.86 bits per heavy atom. The molecule has 0 aliphatic heterocycles. The van der Waals surface area contributed by atoms with Crippen molar-refractivity contribution in [1.29, 1.82) is 5.26 Å². The van der Waals surface area contributed by atoms with Crippen LogP contribution >= 0.6 is 11.3 Å². The van der Waals surface area contributed by atoms with Gasteiger partial charge in [0.1, 0.15) is 11.3 Å². The summed E-state index contributed by atoms with van der Waals surface area (Å²) in [5.74, 6) is 0.471. The molecule has 2 aromatic rings. The predicted octanol–water partition coefficient (Wildman–Crippen LogP) is 1.93. The van der Waals surface area contributed by atoms with Crippen LogP contribution in [-0.2, 0) is 10.0 Å². The minimum atomic E-state index is -3.79. The summed E-state index contributed by atoms with van der Waals surface area (Å²) in [6.45, 7) is 1.63. The molecule has 0 fully saturated rings. The van der Waals surface area contributed by atoms with E-state index < -0.39 is 15.3 Å². The Morgan fingerprint density at radius 1 is 1.57 bits per heavy atom. The Bertz CT molecular complexity index is 808. The van der Waals surface area contributed by atoms with Crippen LogP contribution in [0.1, 0.15) is 13.3 Å². The van der Waals surface area contributed by atoms with Gasteiger partial charge in [0.05, 0.1) is 17.9 Å². The van der Waals surface area contributed by atoms with E-state index in [1.165, 1.54) is 7.11 Å². The van der Waals surface area contributed by atoms with Crippen LogP contribution in [0.4, 0.5) is 10.8 Å². The Kier molecular flexibility index (Phi) is 4.20. The van der Waals surface area contributed by atoms with Crippen LogP contribution in [0.15, 0.2) is 12.1 Å². The molecule has 9 heteroatoms. The summed E-state index contributed by atoms with van der Waals surface area (Å²) in [6.07, 6.45) is 0.201. The van der Waals surface area contributed by atoms with E-state index in [2.05, 4.69) is 9.71 Å². The van der Waals surface area contributed by atoms with E-state index in [0.717, 1.165) is 11.3 Å². The van der Waals surface area contributed by atoms with Crippen molar-refractivity contribution in [3.63, 3.8) is 0 Å². The van der Waals surface area contributed by atoms with E-state index in [1.807, 2.05) is 0 Å². The summed E-state index contributed by atoms with van der Waals surface area (Å²) in [7, 11) is -2.30. The fraction of sp³-hybridized carbons (Fsp3) is 0.333. The first-order valence-electron chi connectivity index (χ1n) is 6.06. The van der Waals surface area contributed by atoms with Crippen LogP contribution < -0.4 is 15.2 Å². The number of nitrogens with one attached hydrogen (secondary N) is 1. The molecule has 112 valence electrons. The number of nitrogen functional groups attached to an aromatic ring is 1. The summed E-state index contributed by atoms with van der Waals surface area (Å²) < 4.78 is 32.3. The lowest BCUT2D eigenvalue weighted by atomic mass is 10.3. The molecule has 0 aliphatic carbocycles. The molecule has 1 unspecified atom stereocenters. The maximum absolute atomic E-state index is 12.0. The molecular formula is C12H14N4O3S2. The minimum Gasteiger partial charge on any atom is -0.494 e. The Morgan fingerprint density at radius 2 is 2.29 bits per heavy atom. The molecule has 7 nitrogen and oxygen atoms in total. The zero-order valence-electron chi connectivity index (χ0n) is 11.5. The second-order valence-electron chi connectivity index (χ2n) is 4.26. The van der Waals surface area contributed by atoms with Crippen molar-refractivity contribution in [2.75, 3.05) is 17.6 Å². The molecule has 1 heterocycles. The van der Waals surface area contributed by atoms with Crippen molar-refractivity contribution >= 4 is 42.4 Å². The van der Waals surface area contributed by atoms with Gasteiger partial charge in [-0.3, -0.25) is 4.72 Å². The lowest BCUT2D eigenvalue weighted by Crippen LogP contribution is -2.25. The van der Waals surface area contributed by atoms with Gasteiger partial charge in [0, 0.05) is 11.8 Å². The van der Waals surface area contributed by atoms with Crippen LogP contribution in [-0.4, -0.2) is 25.8 Å². The summed E-state index contributed by atoms with van der Waals surface area (Å²) in [6, 6.07) is 5.06. The monoisotopic (exact) mass is 326 g/mol. The number of ether oxygens (including phenoxy) is 1. The maximum Gasteiger partial charge on any atom is 0.250 e. The first kappa shape index (κ1) is 15.3. The van der Waals surface area contributed by atoms with Gasteiger partial charge in [0.25, 0.3) is 10.0 Å². The molecule has 1 aromatic heterocycles. The molecule has 0 saturated carbocycles. The zero-order chi connectivity index (χ0) is 15.6. The number of nitriles is 1. The number of nitrogens with zero attached hydrogens (tertiary/aromatic N) is 2. The van der Waals surface area contributed by atoms with Gasteiger partial charge < -0.3 is 10.5 Å². The molecular weight excluding hydrogens is 312 g/mol. The summed E-state index contributed by atoms with van der Waals surface area (Å²) in [5, 5.41) is 7.94. The van der Waals surface area contributed by atoms with Crippen LogP contribution in [0.2, 0.25) is 0 Å². The van der Waals surface area contributed by atoms with Crippen molar-refractivity contribution in [2.45, 2.75) is 18.6 Å². The standard InChI is InChI=1S/C12H14N4O3S2/c1-3-8(6-13)21(17,18)16-12-15-11-9(19-2)4-7(14)5-10(11)20-12/h4-5,8H,3,14H2,1-2H3,(H,15,16). The zero-order valence-corrected chi connectivity index (χ0v) is 13.1. The van der Waals surface area contributed by atoms with Gasteiger partial charge in [0.15, 0.2) is 10.4 Å². The Hall–Kier alpha value is -2.05. The van der Waals surface area contributed by atoms with Crippen molar-refractivity contribution in [1.82, 2.24) is 4.98 Å². The smallest absolute Gasteiger partial charge is 0.250 e. The topological polar surface area (TPSA) is 118 Å². The van der Waals surface area contributed by atoms with Crippen LogP contribution in [0.5, 0.6) is 5.75 Å². The average Bonchev–Trinajstić information content (AvgIpc) is 2.79. The van der Waals surface area contributed by atoms with E-state index in [1.54, 1.807) is 25.1 Å². The van der Waals surface area contributed by atoms with Gasteiger partial charge in [-0.1, -0.05) is 18.3 Å². The lowest BCUT2D eigenvalue weighted by Gasteiger charge is -2.08. The molecule has 3 N–H and O–H groups in total. The molecule has 0 spiro atoms. The fourth-order valence-electron chi connectivity index (χ4n) is 1.79. The SMILES string of the molecule is CCC(C#N)S(=O)(=O)Nc1nc2c(OC)cc(N)cc2s1. The summed E-state index contributed by atoms with van der Waals surface area (Å²) >= 11 is 1.14. The van der Waals surface area contributed by atoms with Gasteiger partial charge in [-0.05, 0) is 12.5 Å². The summed E-state index contributed by atoms with van der Waals surface area (Å²) in [5.41, 5.74) is 6.77. The van der Waals surface area contributed by atoms with E-state index >= 15 is 0 Å². The first-order chi connectivity index (χ1) is 9.91. The van der Waals surface area contributed by atoms with Crippen LogP contribution in [0.25, 0.3) is 10.2 Å². The van der Waals surface area contributed by atoms with Crippen molar-refractivity contribution in [2.24, 2.45) is 0 Å². The average molecular weight is 326 g/mol. The predicted molar refractivity (Wildman–Crippen MR) is 82.8 cm³/mol. The highest BCUT2D eigenvalue weighted by molar-refractivity contribution is 7.93. The van der Waals surface area contributed by atoms with Crippen molar-refractivity contribution < 1.29 is 13.2 Å². The van der Waals surface area contributed by atoms with Gasteiger partial charge in [-0.25, -0.2) is 13.4 Å². The van der Waals surface area contributed by atoms with Crippen molar-refractivity contribution in [3.8, 4) is 11.8 Å². The highest BCUT2D eigenvalue weighted by Gasteiger charge is 2.25. The van der Waals surface area contributed by atoms with E-state index in [4.69, 9.17) is 15.7 Å². The highest BCUT2D eigenvalue weighted by Crippen LogP contribution is 2.35. The van der Waals surface area contributed by atoms with Gasteiger partial charge in [-0.2, -0.15) is 5.26 Å². The number of benzene rings is 1. The minimum absolute atomic E-state index is 0.183. The molecule has 0 aliphatic rings. The fourth-order valence-corrected chi connectivity index (χ4v) is 4.10. The van der Waals surface area contributed by atoms with E-state index in [0.29, 0.717) is 21.7 Å². The summed E-state index contributed by atoms with van der Waals surface area (Å²) in [4.78, 5) is 4.20. The number of thiazole rings is 1. The maximum atomic E-state index is 12.0. The number of hydrogen-bond acceptors (Lipinski definition) is 7. The van der Waals surface area contributed by atoms with Crippen LogP contribution in [0.3, 0.4) is 0 Å². The highest BCUT2D eigenvalue weighted by atomic mass is 32.2. The quantitative estimate of drug-likeness (QED) is 0.810. The van der Waals surface area contributed by atoms with Gasteiger partial charge in [0.2, 0.25) is 0 Å². The third-order valence-corrected chi connectivity index (χ3v) is 5.53. The van der Waals surface area contributed by atoms with E-state index in [9.17, 15) is 8.42 Å². The molecule has 21 heavy (non-hydrogen) atoms. The number of fused-ring (bicyclic) bond motifs is 1. The third-order valence-electron chi connectivity index (χ3n) is 2.82. The molecule has 0 radical (unpaired) electrons. The lowest BCUT2D eigenvalue weighted by molar-refractivity contribution is 0.419. The third kappa shape index (κ3) is 3.01. The number of sulfonamides is 1. The Labute approximate surface area is 126 Å². The Balaban J connectivity index is 2.43. The van der Waals surface area contributed by atoms with Gasteiger partial charge >= 0.3 is 0 Å². The molecule has 2 rings (SSSR count). The number of anilines is 2. The van der Waals surface area contributed by atoms with Crippen LogP contribution in [0, 0.1) is 11.3 Å². The second-order valence-corrected chi connectivity index (χ2v) is 7.16. The molecule has 0 bridgehead atoms. The molecule has 1 aromatic carbocycles. The first-order valence-corrected chi connectivity index (χ1v) is 8.42. The van der Waals surface area contributed by atoms with Gasteiger partial charge in [-0.15, -0.1) is 0 Å². The molecule has 0 saturated heterocycles.